The van der Waals surface area contributed by atoms with E-state index >= 15 is 0 Å². The van der Waals surface area contributed by atoms with Crippen LogP contribution in [0.25, 0.3) is 0 Å². The zero-order chi connectivity index (χ0) is 14.8. The minimum Gasteiger partial charge on any atom is -0.468 e. The largest absolute Gasteiger partial charge is 0.468 e. The molecular formula is C13H24N2O4S. The Kier molecular flexibility index (Phi) is 5.04. The molecule has 1 saturated heterocycles. The van der Waals surface area contributed by atoms with Crippen LogP contribution >= 0.6 is 0 Å². The monoisotopic (exact) mass is 304 g/mol. The number of methoxy groups -OCH3 is 1. The van der Waals surface area contributed by atoms with Crippen molar-refractivity contribution in [2.24, 2.45) is 5.92 Å². The second-order valence-electron chi connectivity index (χ2n) is 5.74. The second-order valence-corrected chi connectivity index (χ2v) is 7.99. The molecule has 2 aliphatic rings. The zero-order valence-corrected chi connectivity index (χ0v) is 13.0. The van der Waals surface area contributed by atoms with Crippen molar-refractivity contribution >= 4 is 16.0 Å². The summed E-state index contributed by atoms with van der Waals surface area (Å²) in [5.41, 5.74) is 0. The maximum atomic E-state index is 12.3. The first-order valence-corrected chi connectivity index (χ1v) is 8.75. The quantitative estimate of drug-likeness (QED) is 0.716. The van der Waals surface area contributed by atoms with E-state index in [9.17, 15) is 13.2 Å². The fourth-order valence-corrected chi connectivity index (χ4v) is 3.99. The van der Waals surface area contributed by atoms with Gasteiger partial charge in [-0.05, 0) is 45.1 Å². The van der Waals surface area contributed by atoms with Crippen molar-refractivity contribution in [2.45, 2.75) is 43.9 Å². The van der Waals surface area contributed by atoms with Gasteiger partial charge in [0.05, 0.1) is 7.11 Å². The molecule has 1 N–H and O–H groups in total. The highest BCUT2D eigenvalue weighted by atomic mass is 32.2. The van der Waals surface area contributed by atoms with Crippen LogP contribution in [0.2, 0.25) is 0 Å². The van der Waals surface area contributed by atoms with Gasteiger partial charge in [-0.1, -0.05) is 0 Å². The molecule has 1 aliphatic heterocycles. The van der Waals surface area contributed by atoms with E-state index in [-0.39, 0.29) is 0 Å². The molecule has 0 aromatic carbocycles. The third-order valence-electron chi connectivity index (χ3n) is 4.19. The van der Waals surface area contributed by atoms with E-state index < -0.39 is 21.2 Å². The summed E-state index contributed by atoms with van der Waals surface area (Å²) in [5, 5.41) is 2.38. The average Bonchev–Trinajstić information content (AvgIpc) is 3.28. The normalized spacial score (nSPS) is 23.5. The number of rotatable bonds is 6. The Bertz CT molecular complexity index is 439. The summed E-state index contributed by atoms with van der Waals surface area (Å²) in [6, 6.07) is 0.399. The zero-order valence-electron chi connectivity index (χ0n) is 12.2. The van der Waals surface area contributed by atoms with Crippen molar-refractivity contribution in [3.8, 4) is 0 Å². The van der Waals surface area contributed by atoms with E-state index in [1.165, 1.54) is 31.2 Å². The molecule has 0 aromatic heterocycles. The highest BCUT2D eigenvalue weighted by molar-refractivity contribution is 7.90. The molecule has 1 saturated carbocycles. The summed E-state index contributed by atoms with van der Waals surface area (Å²) < 4.78 is 30.5. The number of carbonyl (C=O) groups excluding carboxylic acids is 1. The fraction of sp³-hybridized carbons (Fsp3) is 0.923. The molecule has 2 fully saturated rings. The van der Waals surface area contributed by atoms with Crippen LogP contribution < -0.4 is 5.32 Å². The summed E-state index contributed by atoms with van der Waals surface area (Å²) in [6.07, 6.45) is 4.24. The molecule has 2 rings (SSSR count). The Balaban J connectivity index is 1.83. The van der Waals surface area contributed by atoms with Gasteiger partial charge in [-0.3, -0.25) is 4.79 Å². The summed E-state index contributed by atoms with van der Waals surface area (Å²) in [6.45, 7) is 3.40. The van der Waals surface area contributed by atoms with Crippen LogP contribution in [-0.2, 0) is 19.6 Å². The Labute approximate surface area is 120 Å². The van der Waals surface area contributed by atoms with Crippen LogP contribution in [0.4, 0.5) is 0 Å². The van der Waals surface area contributed by atoms with Crippen LogP contribution in [0.1, 0.15) is 32.6 Å². The first kappa shape index (κ1) is 15.7. The van der Waals surface area contributed by atoms with Gasteiger partial charge in [0.15, 0.2) is 5.25 Å². The molecule has 1 unspecified atom stereocenters. The van der Waals surface area contributed by atoms with Gasteiger partial charge in [-0.15, -0.1) is 0 Å². The molecule has 1 aliphatic carbocycles. The van der Waals surface area contributed by atoms with E-state index in [2.05, 4.69) is 10.1 Å². The number of esters is 1. The standard InChI is InChI=1S/C13H24N2O4S/c1-10(13(16)19-2)20(17,18)15-7-5-12(6-8-15)14-9-11-3-4-11/h10-12,14H,3-9H2,1-2H3. The Morgan fingerprint density at radius 3 is 2.40 bits per heavy atom. The highest BCUT2D eigenvalue weighted by Gasteiger charge is 2.36. The van der Waals surface area contributed by atoms with Crippen LogP contribution in [0.3, 0.4) is 0 Å². The number of hydrogen-bond acceptors (Lipinski definition) is 5. The van der Waals surface area contributed by atoms with Crippen LogP contribution in [0, 0.1) is 5.92 Å². The van der Waals surface area contributed by atoms with Gasteiger partial charge in [0.25, 0.3) is 0 Å². The lowest BCUT2D eigenvalue weighted by atomic mass is 10.1. The lowest BCUT2D eigenvalue weighted by molar-refractivity contribution is -0.139. The Hall–Kier alpha value is -0.660. The van der Waals surface area contributed by atoms with Crippen molar-refractivity contribution in [3.63, 3.8) is 0 Å². The topological polar surface area (TPSA) is 75.7 Å². The van der Waals surface area contributed by atoms with E-state index in [4.69, 9.17) is 0 Å². The highest BCUT2D eigenvalue weighted by Crippen LogP contribution is 2.28. The summed E-state index contributed by atoms with van der Waals surface area (Å²) in [4.78, 5) is 11.4. The SMILES string of the molecule is COC(=O)C(C)S(=O)(=O)N1CCC(NCC2CC2)CC1. The molecular weight excluding hydrogens is 280 g/mol. The van der Waals surface area contributed by atoms with Crippen molar-refractivity contribution in [1.82, 2.24) is 9.62 Å². The molecule has 0 bridgehead atoms. The summed E-state index contributed by atoms with van der Waals surface area (Å²) in [7, 11) is -2.37. The van der Waals surface area contributed by atoms with Crippen molar-refractivity contribution in [1.29, 1.82) is 0 Å². The van der Waals surface area contributed by atoms with Gasteiger partial charge < -0.3 is 10.1 Å². The van der Waals surface area contributed by atoms with Gasteiger partial charge in [0.2, 0.25) is 10.0 Å². The number of piperidine rings is 1. The maximum absolute atomic E-state index is 12.3. The Morgan fingerprint density at radius 1 is 1.30 bits per heavy atom. The third kappa shape index (κ3) is 3.71. The third-order valence-corrected chi connectivity index (χ3v) is 6.36. The first-order valence-electron chi connectivity index (χ1n) is 7.25. The van der Waals surface area contributed by atoms with E-state index in [0.29, 0.717) is 19.1 Å². The molecule has 0 amide bonds. The van der Waals surface area contributed by atoms with Crippen LogP contribution in [0.15, 0.2) is 0 Å². The molecule has 0 aromatic rings. The predicted octanol–water partition coefficient (Wildman–Crippen LogP) is 0.342. The molecule has 0 radical (unpaired) electrons. The minimum absolute atomic E-state index is 0.399. The minimum atomic E-state index is -3.58. The van der Waals surface area contributed by atoms with Gasteiger partial charge in [-0.2, -0.15) is 0 Å². The number of sulfonamides is 1. The lowest BCUT2D eigenvalue weighted by Gasteiger charge is -2.32. The van der Waals surface area contributed by atoms with Crippen LogP contribution in [0.5, 0.6) is 0 Å². The molecule has 6 nitrogen and oxygen atoms in total. The number of ether oxygens (including phenoxy) is 1. The molecule has 1 atom stereocenters. The fourth-order valence-electron chi connectivity index (χ4n) is 2.48. The van der Waals surface area contributed by atoms with E-state index in [1.807, 2.05) is 0 Å². The van der Waals surface area contributed by atoms with Gasteiger partial charge in [0.1, 0.15) is 0 Å². The van der Waals surface area contributed by atoms with Crippen molar-refractivity contribution in [3.05, 3.63) is 0 Å². The van der Waals surface area contributed by atoms with E-state index in [0.717, 1.165) is 25.3 Å². The number of carbonyl (C=O) groups is 1. The second kappa shape index (κ2) is 6.41. The molecule has 20 heavy (non-hydrogen) atoms. The number of nitrogens with zero attached hydrogens (tertiary/aromatic N) is 1. The maximum Gasteiger partial charge on any atom is 0.325 e. The number of nitrogens with one attached hydrogen (secondary N) is 1. The van der Waals surface area contributed by atoms with Gasteiger partial charge in [-0.25, -0.2) is 12.7 Å². The average molecular weight is 304 g/mol. The molecule has 1 heterocycles. The van der Waals surface area contributed by atoms with Crippen LogP contribution in [-0.4, -0.2) is 56.7 Å². The van der Waals surface area contributed by atoms with Crippen molar-refractivity contribution < 1.29 is 17.9 Å². The summed E-state index contributed by atoms with van der Waals surface area (Å²) >= 11 is 0. The molecule has 7 heteroatoms. The predicted molar refractivity (Wildman–Crippen MR) is 75.7 cm³/mol. The van der Waals surface area contributed by atoms with E-state index in [1.54, 1.807) is 0 Å². The first-order chi connectivity index (χ1) is 9.45. The smallest absolute Gasteiger partial charge is 0.325 e. The van der Waals surface area contributed by atoms with Gasteiger partial charge >= 0.3 is 5.97 Å². The Morgan fingerprint density at radius 2 is 1.90 bits per heavy atom. The van der Waals surface area contributed by atoms with Crippen molar-refractivity contribution in [2.75, 3.05) is 26.7 Å². The summed E-state index contributed by atoms with van der Waals surface area (Å²) in [5.74, 6) is 0.134. The van der Waals surface area contributed by atoms with Gasteiger partial charge in [0, 0.05) is 19.1 Å². The number of hydrogen-bond donors (Lipinski definition) is 1. The lowest BCUT2D eigenvalue weighted by Crippen LogP contribution is -2.49. The molecule has 116 valence electrons. The molecule has 0 spiro atoms.